The van der Waals surface area contributed by atoms with Crippen molar-refractivity contribution in [1.82, 2.24) is 9.97 Å². The Labute approximate surface area is 166 Å². The summed E-state index contributed by atoms with van der Waals surface area (Å²) >= 11 is 0. The molecule has 0 saturated carbocycles. The number of carbonyl (C=O) groups excluding carboxylic acids is 1. The van der Waals surface area contributed by atoms with Gasteiger partial charge in [0.15, 0.2) is 0 Å². The predicted molar refractivity (Wildman–Crippen MR) is 108 cm³/mol. The molecule has 8 heteroatoms. The summed E-state index contributed by atoms with van der Waals surface area (Å²) in [7, 11) is 0. The molecule has 2 unspecified atom stereocenters. The zero-order chi connectivity index (χ0) is 20.0. The van der Waals surface area contributed by atoms with E-state index in [-0.39, 0.29) is 5.78 Å². The van der Waals surface area contributed by atoms with Gasteiger partial charge in [0.2, 0.25) is 0 Å². The Kier molecular flexibility index (Phi) is 4.35. The number of nitrogens with zero attached hydrogens (tertiary/aromatic N) is 1. The summed E-state index contributed by atoms with van der Waals surface area (Å²) in [5.74, 6) is -0.408. The molecular formula is C21H22N4O4. The third-order valence-electron chi connectivity index (χ3n) is 5.96. The summed E-state index contributed by atoms with van der Waals surface area (Å²) in [5.41, 5.74) is 2.11. The molecule has 1 fully saturated rings. The molecule has 0 bridgehead atoms. The van der Waals surface area contributed by atoms with Gasteiger partial charge < -0.3 is 15.0 Å². The van der Waals surface area contributed by atoms with Gasteiger partial charge in [0.05, 0.1) is 24.7 Å². The molecule has 3 aliphatic rings. The Morgan fingerprint density at radius 1 is 0.966 bits per heavy atom. The second-order valence-electron chi connectivity index (χ2n) is 7.63. The molecule has 3 heterocycles. The fourth-order valence-corrected chi connectivity index (χ4v) is 4.60. The zero-order valence-electron chi connectivity index (χ0n) is 15.9. The summed E-state index contributed by atoms with van der Waals surface area (Å²) in [5, 5.41) is 3.12. The standard InChI is InChI=1S/C21H22N4O4/c26-15-3-1-2-14-17(15)16(18-19(22-14)23-21(28)24-20(18)27)12-4-6-13(7-5-12)25-8-10-29-11-9-25/h2,4-7,16-17H,1,3,8-11H2,(H3,22,23,24,27,28). The molecular weight excluding hydrogens is 372 g/mol. The quantitative estimate of drug-likeness (QED) is 0.709. The number of allylic oxidation sites excluding steroid dienone is 2. The first-order valence-electron chi connectivity index (χ1n) is 9.91. The highest BCUT2D eigenvalue weighted by molar-refractivity contribution is 5.89. The van der Waals surface area contributed by atoms with Crippen LogP contribution in [0.15, 0.2) is 45.6 Å². The summed E-state index contributed by atoms with van der Waals surface area (Å²) in [6.45, 7) is 3.09. The summed E-state index contributed by atoms with van der Waals surface area (Å²) in [4.78, 5) is 44.6. The lowest BCUT2D eigenvalue weighted by Gasteiger charge is -2.37. The number of morpholine rings is 1. The molecule has 0 radical (unpaired) electrons. The predicted octanol–water partition coefficient (Wildman–Crippen LogP) is 1.32. The topological polar surface area (TPSA) is 107 Å². The summed E-state index contributed by atoms with van der Waals surface area (Å²) in [6, 6.07) is 8.01. The molecule has 1 saturated heterocycles. The minimum atomic E-state index is -0.566. The number of hydrogen-bond donors (Lipinski definition) is 3. The molecule has 2 aromatic rings. The van der Waals surface area contributed by atoms with E-state index in [0.717, 1.165) is 30.0 Å². The monoisotopic (exact) mass is 394 g/mol. The number of carbonyl (C=O) groups is 1. The lowest BCUT2D eigenvalue weighted by molar-refractivity contribution is -0.122. The van der Waals surface area contributed by atoms with E-state index in [2.05, 4.69) is 20.2 Å². The second-order valence-corrected chi connectivity index (χ2v) is 7.63. The van der Waals surface area contributed by atoms with Crippen molar-refractivity contribution in [2.45, 2.75) is 18.8 Å². The van der Waals surface area contributed by atoms with Gasteiger partial charge in [-0.25, -0.2) is 4.79 Å². The number of aromatic nitrogens is 2. The maximum Gasteiger partial charge on any atom is 0.327 e. The van der Waals surface area contributed by atoms with Crippen molar-refractivity contribution >= 4 is 17.3 Å². The number of fused-ring (bicyclic) bond motifs is 2. The van der Waals surface area contributed by atoms with Crippen molar-refractivity contribution in [3.8, 4) is 0 Å². The minimum absolute atomic E-state index is 0.105. The van der Waals surface area contributed by atoms with E-state index in [1.165, 1.54) is 0 Å². The summed E-state index contributed by atoms with van der Waals surface area (Å²) < 4.78 is 5.41. The van der Waals surface area contributed by atoms with Crippen molar-refractivity contribution in [1.29, 1.82) is 0 Å². The number of hydrogen-bond acceptors (Lipinski definition) is 6. The minimum Gasteiger partial charge on any atom is -0.378 e. The van der Waals surface area contributed by atoms with Crippen LogP contribution in [-0.2, 0) is 9.53 Å². The second kappa shape index (κ2) is 7.04. The molecule has 0 spiro atoms. The number of Topliss-reactive ketones (excluding diaryl/α,β-unsaturated/α-hetero) is 1. The van der Waals surface area contributed by atoms with Gasteiger partial charge in [-0.2, -0.15) is 0 Å². The van der Waals surface area contributed by atoms with Crippen molar-refractivity contribution in [2.24, 2.45) is 5.92 Å². The van der Waals surface area contributed by atoms with E-state index in [4.69, 9.17) is 4.74 Å². The van der Waals surface area contributed by atoms with E-state index in [1.807, 2.05) is 30.3 Å². The Morgan fingerprint density at radius 2 is 1.72 bits per heavy atom. The van der Waals surface area contributed by atoms with Crippen LogP contribution in [0.3, 0.4) is 0 Å². The zero-order valence-corrected chi connectivity index (χ0v) is 15.9. The SMILES string of the molecule is O=C1CCC=C2Nc3[nH]c(=O)[nH]c(=O)c3C(c3ccc(N4CCOCC4)cc3)C12. The Bertz CT molecular complexity index is 1090. The van der Waals surface area contributed by atoms with Crippen molar-refractivity contribution < 1.29 is 9.53 Å². The van der Waals surface area contributed by atoms with Gasteiger partial charge in [-0.3, -0.25) is 19.6 Å². The Morgan fingerprint density at radius 3 is 2.48 bits per heavy atom. The third-order valence-corrected chi connectivity index (χ3v) is 5.96. The third kappa shape index (κ3) is 3.09. The number of H-pyrrole nitrogens is 2. The molecule has 1 aromatic carbocycles. The molecule has 2 aliphatic heterocycles. The van der Waals surface area contributed by atoms with Gasteiger partial charge in [0.1, 0.15) is 11.6 Å². The van der Waals surface area contributed by atoms with Gasteiger partial charge in [-0.15, -0.1) is 0 Å². The molecule has 5 rings (SSSR count). The molecule has 3 N–H and O–H groups in total. The van der Waals surface area contributed by atoms with Crippen molar-refractivity contribution in [2.75, 3.05) is 36.5 Å². The van der Waals surface area contributed by atoms with Gasteiger partial charge in [-0.05, 0) is 24.1 Å². The number of benzene rings is 1. The van der Waals surface area contributed by atoms with Crippen LogP contribution in [-0.4, -0.2) is 42.1 Å². The van der Waals surface area contributed by atoms with E-state index in [0.29, 0.717) is 37.4 Å². The van der Waals surface area contributed by atoms with Crippen LogP contribution in [0, 0.1) is 5.92 Å². The Hall–Kier alpha value is -3.13. The largest absolute Gasteiger partial charge is 0.378 e. The van der Waals surface area contributed by atoms with Crippen LogP contribution in [0.25, 0.3) is 0 Å². The number of ether oxygens (including phenoxy) is 1. The highest BCUT2D eigenvalue weighted by Gasteiger charge is 2.42. The maximum atomic E-state index is 12.8. The number of aromatic amines is 2. The van der Waals surface area contributed by atoms with Crippen molar-refractivity contribution in [3.63, 3.8) is 0 Å². The fourth-order valence-electron chi connectivity index (χ4n) is 4.60. The van der Waals surface area contributed by atoms with E-state index < -0.39 is 23.1 Å². The normalized spacial score (nSPS) is 23.7. The highest BCUT2D eigenvalue weighted by Crippen LogP contribution is 2.44. The molecule has 29 heavy (non-hydrogen) atoms. The first-order valence-corrected chi connectivity index (χ1v) is 9.91. The van der Waals surface area contributed by atoms with Crippen LogP contribution in [0.2, 0.25) is 0 Å². The van der Waals surface area contributed by atoms with Gasteiger partial charge in [-0.1, -0.05) is 18.2 Å². The van der Waals surface area contributed by atoms with Gasteiger partial charge >= 0.3 is 5.69 Å². The lowest BCUT2D eigenvalue weighted by atomic mass is 9.72. The lowest BCUT2D eigenvalue weighted by Crippen LogP contribution is -2.41. The maximum absolute atomic E-state index is 12.8. The molecule has 8 nitrogen and oxygen atoms in total. The first kappa shape index (κ1) is 17.9. The fraction of sp³-hybridized carbons (Fsp3) is 0.381. The molecule has 0 amide bonds. The number of nitrogens with one attached hydrogen (secondary N) is 3. The molecule has 2 atom stereocenters. The van der Waals surface area contributed by atoms with E-state index >= 15 is 0 Å². The van der Waals surface area contributed by atoms with Crippen molar-refractivity contribution in [3.05, 3.63) is 68.0 Å². The number of anilines is 2. The average Bonchev–Trinajstić information content (AvgIpc) is 2.73. The highest BCUT2D eigenvalue weighted by atomic mass is 16.5. The first-order chi connectivity index (χ1) is 14.1. The number of ketones is 1. The van der Waals surface area contributed by atoms with Crippen LogP contribution in [0.5, 0.6) is 0 Å². The van der Waals surface area contributed by atoms with E-state index in [1.54, 1.807) is 0 Å². The van der Waals surface area contributed by atoms with Crippen LogP contribution in [0.1, 0.15) is 29.9 Å². The van der Waals surface area contributed by atoms with Crippen LogP contribution < -0.4 is 21.5 Å². The van der Waals surface area contributed by atoms with Gasteiger partial charge in [0, 0.05) is 36.8 Å². The number of rotatable bonds is 2. The van der Waals surface area contributed by atoms with Crippen LogP contribution in [0.4, 0.5) is 11.5 Å². The smallest absolute Gasteiger partial charge is 0.327 e. The Balaban J connectivity index is 1.61. The van der Waals surface area contributed by atoms with E-state index in [9.17, 15) is 14.4 Å². The van der Waals surface area contributed by atoms with Crippen LogP contribution >= 0.6 is 0 Å². The summed E-state index contributed by atoms with van der Waals surface area (Å²) in [6.07, 6.45) is 3.10. The van der Waals surface area contributed by atoms with Gasteiger partial charge in [0.25, 0.3) is 5.56 Å². The molecule has 150 valence electrons. The molecule has 1 aliphatic carbocycles. The average molecular weight is 394 g/mol. The molecule has 1 aromatic heterocycles.